The van der Waals surface area contributed by atoms with E-state index in [2.05, 4.69) is 45.1 Å². The van der Waals surface area contributed by atoms with Crippen molar-refractivity contribution in [3.63, 3.8) is 0 Å². The smallest absolute Gasteiger partial charge is 0.412 e. The van der Waals surface area contributed by atoms with Crippen LogP contribution in [0, 0.1) is 5.82 Å². The maximum atomic E-state index is 15.4. The number of rotatable bonds is 11. The predicted molar refractivity (Wildman–Crippen MR) is 173 cm³/mol. The van der Waals surface area contributed by atoms with Crippen LogP contribution in [0.4, 0.5) is 14.9 Å². The minimum atomic E-state index is -4.03. The van der Waals surface area contributed by atoms with Crippen LogP contribution in [0.5, 0.6) is 5.75 Å². The topological polar surface area (TPSA) is 166 Å². The number of aromatic nitrogens is 3. The number of anilines is 1. The number of hydrazone groups is 1. The summed E-state index contributed by atoms with van der Waals surface area (Å²) in [5.41, 5.74) is -1.20. The zero-order valence-electron chi connectivity index (χ0n) is 26.2. The summed E-state index contributed by atoms with van der Waals surface area (Å²) < 4.78 is 58.9. The van der Waals surface area contributed by atoms with Gasteiger partial charge in [-0.2, -0.15) is 18.4 Å². The summed E-state index contributed by atoms with van der Waals surface area (Å²) >= 11 is 6.09. The zero-order chi connectivity index (χ0) is 34.0. The van der Waals surface area contributed by atoms with Crippen LogP contribution < -0.4 is 14.9 Å². The minimum Gasteiger partial charge on any atom is -0.497 e. The molecule has 1 spiro atoms. The number of amides is 2. The van der Waals surface area contributed by atoms with Crippen LogP contribution in [-0.4, -0.2) is 81.2 Å². The molecule has 1 atom stereocenters. The van der Waals surface area contributed by atoms with Gasteiger partial charge in [-0.3, -0.25) is 14.7 Å². The van der Waals surface area contributed by atoms with E-state index in [-0.39, 0.29) is 59.1 Å². The number of nitrogens with one attached hydrogen (secondary N) is 2. The number of carbonyl (C=O) groups excluding carboxylic acids is 2. The van der Waals surface area contributed by atoms with Crippen molar-refractivity contribution in [1.82, 2.24) is 24.5 Å². The van der Waals surface area contributed by atoms with E-state index in [0.29, 0.717) is 18.8 Å². The fourth-order valence-corrected chi connectivity index (χ4v) is 6.99. The van der Waals surface area contributed by atoms with Crippen LogP contribution in [0.1, 0.15) is 34.8 Å². The second-order valence-corrected chi connectivity index (χ2v) is 20.0. The van der Waals surface area contributed by atoms with Crippen molar-refractivity contribution < 1.29 is 36.6 Å². The van der Waals surface area contributed by atoms with Crippen molar-refractivity contribution >= 4 is 53.6 Å². The first-order chi connectivity index (χ1) is 22.2. The Morgan fingerprint density at radius 2 is 1.98 bits per heavy atom. The Kier molecular flexibility index (Phi) is 9.90. The lowest BCUT2D eigenvalue weighted by atomic mass is 9.83. The van der Waals surface area contributed by atoms with Crippen LogP contribution in [0.15, 0.2) is 46.4 Å². The molecule has 0 aliphatic carbocycles. The Bertz CT molecular complexity index is 1800. The van der Waals surface area contributed by atoms with Crippen LogP contribution in [0.2, 0.25) is 30.7 Å². The Hall–Kier alpha value is -4.06. The molecule has 2 N–H and O–H groups in total. The summed E-state index contributed by atoms with van der Waals surface area (Å²) in [6.45, 7) is 6.97. The highest BCUT2D eigenvalue weighted by Gasteiger charge is 2.49. The number of methoxy groups -OCH3 is 1. The Morgan fingerprint density at radius 1 is 1.23 bits per heavy atom. The third-order valence-electron chi connectivity index (χ3n) is 7.73. The lowest BCUT2D eigenvalue weighted by molar-refractivity contribution is -0.0423. The summed E-state index contributed by atoms with van der Waals surface area (Å²) in [7, 11) is -4.00. The fraction of sp³-hybridized carbons (Fsp3) is 0.414. The van der Waals surface area contributed by atoms with Gasteiger partial charge in [-0.15, -0.1) is 10.2 Å². The Labute approximate surface area is 277 Å². The van der Waals surface area contributed by atoms with Gasteiger partial charge in [0.2, 0.25) is 5.82 Å². The van der Waals surface area contributed by atoms with Crippen LogP contribution >= 0.6 is 11.6 Å². The molecular weight excluding hydrogens is 673 g/mol. The largest absolute Gasteiger partial charge is 0.497 e. The normalized spacial score (nSPS) is 18.2. The highest BCUT2D eigenvalue weighted by atomic mass is 35.5. The van der Waals surface area contributed by atoms with Crippen LogP contribution in [-0.2, 0) is 31.8 Å². The maximum absolute atomic E-state index is 15.4. The zero-order valence-corrected chi connectivity index (χ0v) is 28.8. The van der Waals surface area contributed by atoms with E-state index in [1.807, 2.05) is 0 Å². The van der Waals surface area contributed by atoms with Crippen molar-refractivity contribution in [2.24, 2.45) is 5.10 Å². The maximum Gasteiger partial charge on any atom is 0.412 e. The molecule has 1 saturated heterocycles. The lowest BCUT2D eigenvalue weighted by Gasteiger charge is -2.45. The molecule has 2 aliphatic rings. The van der Waals surface area contributed by atoms with Crippen LogP contribution in [0.25, 0.3) is 0 Å². The summed E-state index contributed by atoms with van der Waals surface area (Å²) in [5.74, 6) is -0.915. The van der Waals surface area contributed by atoms with Gasteiger partial charge in [0.1, 0.15) is 12.5 Å². The number of ether oxygens (including phenoxy) is 3. The van der Waals surface area contributed by atoms with E-state index < -0.39 is 41.5 Å². The van der Waals surface area contributed by atoms with E-state index in [9.17, 15) is 18.0 Å². The van der Waals surface area contributed by atoms with Crippen molar-refractivity contribution in [2.75, 3.05) is 32.1 Å². The second-order valence-electron chi connectivity index (χ2n) is 12.3. The number of nitrogens with zero attached hydrogens (tertiary/aromatic N) is 5. The van der Waals surface area contributed by atoms with Crippen LogP contribution in [0.3, 0.4) is 0 Å². The Balaban J connectivity index is 1.41. The lowest BCUT2D eigenvalue weighted by Crippen LogP contribution is -2.54. The van der Waals surface area contributed by atoms with E-state index in [1.54, 1.807) is 0 Å². The second kappa shape index (κ2) is 13.6. The van der Waals surface area contributed by atoms with Gasteiger partial charge in [0.15, 0.2) is 17.2 Å². The number of halogens is 2. The molecule has 3 aromatic rings. The molecule has 0 unspecified atom stereocenters. The average Bonchev–Trinajstić information content (AvgIpc) is 3.42. The first kappa shape index (κ1) is 34.3. The van der Waals surface area contributed by atoms with Gasteiger partial charge in [-0.25, -0.2) is 9.18 Å². The van der Waals surface area contributed by atoms with Crippen molar-refractivity contribution in [3.05, 3.63) is 64.5 Å². The number of sulfonamides is 1. The van der Waals surface area contributed by atoms with Crippen molar-refractivity contribution in [2.45, 2.75) is 55.8 Å². The standard InChI is InChI=1S/C29H35ClFN7O7SSi/c1-43-19-6-8-20(9-7-19)46(41,42)36-32-16-23-34-35-26(38(23)18-44-14-15-47(2,3)4)27(39)37-13-5-12-29(17-37)24-22(33-28(40)45-29)11-10-21(30)25(24)31/h6-11,16,36H,5,12-15,17-18H2,1-4H3,(H,33,40)/b32-16+/t29-/m0/s1. The SMILES string of the molecule is COc1ccc(S(=O)(=O)N/N=C/c2nnc(C(=O)N3CCC[C@@]4(C3)OC(=O)Nc3ccc(Cl)c(F)c34)n2COCC[Si](C)(C)C)cc1. The molecule has 2 aliphatic heterocycles. The number of piperidine rings is 1. The molecule has 0 saturated carbocycles. The highest BCUT2D eigenvalue weighted by molar-refractivity contribution is 7.89. The molecule has 1 fully saturated rings. The number of likely N-dealkylation sites (tertiary alicyclic amines) is 1. The summed E-state index contributed by atoms with van der Waals surface area (Å²) in [6, 6.07) is 9.42. The average molecular weight is 708 g/mol. The minimum absolute atomic E-state index is 0.0422. The molecule has 14 nitrogen and oxygen atoms in total. The van der Waals surface area contributed by atoms with Gasteiger partial charge in [0.25, 0.3) is 15.9 Å². The summed E-state index contributed by atoms with van der Waals surface area (Å²) in [6.07, 6.45) is 0.982. The van der Waals surface area contributed by atoms with E-state index >= 15 is 4.39 Å². The summed E-state index contributed by atoms with van der Waals surface area (Å²) in [4.78, 5) is 30.0. The van der Waals surface area contributed by atoms with E-state index in [1.165, 1.54) is 53.0 Å². The first-order valence-corrected chi connectivity index (χ1v) is 20.3. The van der Waals surface area contributed by atoms with Gasteiger partial charge in [-0.05, 0) is 55.3 Å². The van der Waals surface area contributed by atoms with Crippen molar-refractivity contribution in [1.29, 1.82) is 0 Å². The molecule has 5 rings (SSSR count). The van der Waals surface area contributed by atoms with Gasteiger partial charge in [0, 0.05) is 21.2 Å². The van der Waals surface area contributed by atoms with E-state index in [0.717, 1.165) is 12.3 Å². The monoisotopic (exact) mass is 707 g/mol. The molecule has 0 bridgehead atoms. The molecule has 2 amide bonds. The fourth-order valence-electron chi connectivity index (χ4n) is 5.28. The third kappa shape index (κ3) is 7.58. The number of carbonyl (C=O) groups is 2. The number of fused-ring (bicyclic) bond motifs is 2. The van der Waals surface area contributed by atoms with Gasteiger partial charge in [-0.1, -0.05) is 31.2 Å². The van der Waals surface area contributed by atoms with Gasteiger partial charge in [0.05, 0.1) is 41.0 Å². The molecule has 47 heavy (non-hydrogen) atoms. The van der Waals surface area contributed by atoms with Crippen molar-refractivity contribution in [3.8, 4) is 5.75 Å². The van der Waals surface area contributed by atoms with E-state index in [4.69, 9.17) is 25.8 Å². The number of hydrogen-bond acceptors (Lipinski definition) is 10. The molecular formula is C29H35ClFN7O7SSi. The third-order valence-corrected chi connectivity index (χ3v) is 11.0. The van der Waals surface area contributed by atoms with Gasteiger partial charge < -0.3 is 19.1 Å². The highest BCUT2D eigenvalue weighted by Crippen LogP contribution is 2.45. The molecule has 0 radical (unpaired) electrons. The molecule has 18 heteroatoms. The number of benzene rings is 2. The quantitative estimate of drug-likeness (QED) is 0.127. The molecule has 2 aromatic carbocycles. The molecule has 3 heterocycles. The first-order valence-electron chi connectivity index (χ1n) is 14.7. The molecule has 1 aromatic heterocycles. The molecule has 252 valence electrons. The number of hydrogen-bond donors (Lipinski definition) is 2. The Morgan fingerprint density at radius 3 is 2.68 bits per heavy atom. The van der Waals surface area contributed by atoms with Gasteiger partial charge >= 0.3 is 6.09 Å². The summed E-state index contributed by atoms with van der Waals surface area (Å²) in [5, 5.41) is 14.4. The predicted octanol–water partition coefficient (Wildman–Crippen LogP) is 4.40.